The molecule has 3 rings (SSSR count). The molecule has 1 amide bonds. The van der Waals surface area contributed by atoms with E-state index in [1.54, 1.807) is 0 Å². The molecule has 29 heavy (non-hydrogen) atoms. The Balaban J connectivity index is 1.97. The molecule has 156 valence electrons. The number of hydrogen-bond donors (Lipinski definition) is 1. The number of carbonyl (C=O) groups is 1. The van der Waals surface area contributed by atoms with Crippen LogP contribution in [-0.2, 0) is 20.3 Å². The predicted octanol–water partition coefficient (Wildman–Crippen LogP) is 3.27. The van der Waals surface area contributed by atoms with Crippen molar-refractivity contribution in [1.29, 1.82) is 0 Å². The van der Waals surface area contributed by atoms with Crippen molar-refractivity contribution < 1.29 is 22.3 Å². The van der Waals surface area contributed by atoms with Crippen LogP contribution >= 0.6 is 15.9 Å². The van der Waals surface area contributed by atoms with Gasteiger partial charge in [0, 0.05) is 37.3 Å². The van der Waals surface area contributed by atoms with Crippen LogP contribution in [-0.4, -0.2) is 45.9 Å². The summed E-state index contributed by atoms with van der Waals surface area (Å²) in [5.41, 5.74) is 0.341. The summed E-state index contributed by atoms with van der Waals surface area (Å²) in [5, 5.41) is 3.05. The van der Waals surface area contributed by atoms with Crippen molar-refractivity contribution in [2.75, 3.05) is 27.3 Å². The molecule has 0 spiro atoms. The van der Waals surface area contributed by atoms with Gasteiger partial charge < -0.3 is 10.1 Å². The second-order valence-electron chi connectivity index (χ2n) is 7.09. The third kappa shape index (κ3) is 4.53. The third-order valence-corrected chi connectivity index (χ3v) is 7.35. The Hall–Kier alpha value is -1.81. The number of carbonyl (C=O) groups excluding carboxylic acids is 1. The topological polar surface area (TPSA) is 75.7 Å². The molecule has 1 N–H and O–H groups in total. The Morgan fingerprint density at radius 2 is 1.86 bits per heavy atom. The molecule has 1 saturated heterocycles. The molecule has 9 heteroatoms. The molecule has 0 aromatic heterocycles. The largest absolute Gasteiger partial charge is 0.381 e. The van der Waals surface area contributed by atoms with Gasteiger partial charge in [0.2, 0.25) is 10.0 Å². The monoisotopic (exact) mass is 484 g/mol. The van der Waals surface area contributed by atoms with Crippen LogP contribution in [0.3, 0.4) is 0 Å². The van der Waals surface area contributed by atoms with Gasteiger partial charge in [0.1, 0.15) is 10.7 Å². The number of ether oxygens (including phenoxy) is 1. The number of halogens is 2. The molecule has 2 aromatic carbocycles. The van der Waals surface area contributed by atoms with E-state index >= 15 is 0 Å². The lowest BCUT2D eigenvalue weighted by Crippen LogP contribution is -2.49. The van der Waals surface area contributed by atoms with Crippen LogP contribution in [0, 0.1) is 5.82 Å². The number of nitrogens with zero attached hydrogens (tertiary/aromatic N) is 1. The second-order valence-corrected chi connectivity index (χ2v) is 10.1. The minimum atomic E-state index is -4.02. The summed E-state index contributed by atoms with van der Waals surface area (Å²) in [4.78, 5) is 12.5. The first-order valence-corrected chi connectivity index (χ1v) is 11.3. The van der Waals surface area contributed by atoms with E-state index in [1.165, 1.54) is 20.2 Å². The van der Waals surface area contributed by atoms with Gasteiger partial charge in [-0.05, 0) is 48.7 Å². The Kier molecular flexibility index (Phi) is 6.42. The van der Waals surface area contributed by atoms with Crippen LogP contribution in [0.25, 0.3) is 0 Å². The van der Waals surface area contributed by atoms with Gasteiger partial charge in [-0.15, -0.1) is 0 Å². The number of benzene rings is 2. The Labute approximate surface area is 178 Å². The van der Waals surface area contributed by atoms with E-state index < -0.39 is 32.2 Å². The molecule has 1 fully saturated rings. The molecule has 1 aliphatic rings. The van der Waals surface area contributed by atoms with Gasteiger partial charge >= 0.3 is 0 Å². The van der Waals surface area contributed by atoms with Gasteiger partial charge in [0.15, 0.2) is 0 Å². The van der Waals surface area contributed by atoms with Crippen LogP contribution in [0.1, 0.15) is 28.8 Å². The molecule has 6 nitrogen and oxygen atoms in total. The van der Waals surface area contributed by atoms with Gasteiger partial charge in [-0.25, -0.2) is 17.1 Å². The molecule has 0 saturated carbocycles. The van der Waals surface area contributed by atoms with Gasteiger partial charge in [-0.1, -0.05) is 28.1 Å². The average molecular weight is 485 g/mol. The van der Waals surface area contributed by atoms with Gasteiger partial charge in [-0.2, -0.15) is 0 Å². The fraction of sp³-hybridized carbons (Fsp3) is 0.350. The number of hydrogen-bond acceptors (Lipinski definition) is 4. The number of sulfonamides is 1. The summed E-state index contributed by atoms with van der Waals surface area (Å²) < 4.78 is 46.2. The first-order chi connectivity index (χ1) is 13.7. The molecule has 0 bridgehead atoms. The van der Waals surface area contributed by atoms with Crippen LogP contribution in [0.2, 0.25) is 0 Å². The Morgan fingerprint density at radius 3 is 2.48 bits per heavy atom. The highest BCUT2D eigenvalue weighted by molar-refractivity contribution is 9.10. The second kappa shape index (κ2) is 8.51. The highest BCUT2D eigenvalue weighted by Crippen LogP contribution is 2.34. The number of rotatable bonds is 5. The third-order valence-electron chi connectivity index (χ3n) is 5.03. The summed E-state index contributed by atoms with van der Waals surface area (Å²) in [5.74, 6) is -1.37. The lowest BCUT2D eigenvalue weighted by Gasteiger charge is -2.38. The van der Waals surface area contributed by atoms with E-state index in [9.17, 15) is 17.6 Å². The fourth-order valence-corrected chi connectivity index (χ4v) is 4.70. The zero-order valence-corrected chi connectivity index (χ0v) is 18.5. The van der Waals surface area contributed by atoms with Crippen LogP contribution < -0.4 is 5.32 Å². The first kappa shape index (κ1) is 21.9. The van der Waals surface area contributed by atoms with Crippen LogP contribution in [0.5, 0.6) is 0 Å². The quantitative estimate of drug-likeness (QED) is 0.706. The highest BCUT2D eigenvalue weighted by Gasteiger charge is 2.36. The zero-order chi connectivity index (χ0) is 21.2. The Morgan fingerprint density at radius 1 is 1.17 bits per heavy atom. The van der Waals surface area contributed by atoms with Crippen molar-refractivity contribution in [2.24, 2.45) is 0 Å². The summed E-state index contributed by atoms with van der Waals surface area (Å²) in [7, 11) is -1.39. The maximum absolute atomic E-state index is 14.2. The number of amides is 1. The smallest absolute Gasteiger partial charge is 0.252 e. The fourth-order valence-electron chi connectivity index (χ4n) is 3.32. The van der Waals surface area contributed by atoms with E-state index in [-0.39, 0.29) is 5.56 Å². The van der Waals surface area contributed by atoms with Crippen molar-refractivity contribution >= 4 is 31.9 Å². The van der Waals surface area contributed by atoms with Crippen LogP contribution in [0.4, 0.5) is 4.39 Å². The summed E-state index contributed by atoms with van der Waals surface area (Å²) in [6, 6.07) is 11.0. The average Bonchev–Trinajstić information content (AvgIpc) is 2.68. The number of nitrogens with one attached hydrogen (secondary N) is 1. The minimum absolute atomic E-state index is 0.0766. The van der Waals surface area contributed by atoms with Crippen molar-refractivity contribution in [1.82, 2.24) is 9.62 Å². The van der Waals surface area contributed by atoms with E-state index in [0.29, 0.717) is 26.1 Å². The highest BCUT2D eigenvalue weighted by atomic mass is 79.9. The summed E-state index contributed by atoms with van der Waals surface area (Å²) >= 11 is 3.46. The lowest BCUT2D eigenvalue weighted by atomic mass is 9.82. The van der Waals surface area contributed by atoms with Crippen molar-refractivity contribution in [3.63, 3.8) is 0 Å². The lowest BCUT2D eigenvalue weighted by molar-refractivity contribution is 0.0345. The van der Waals surface area contributed by atoms with Crippen molar-refractivity contribution in [2.45, 2.75) is 23.3 Å². The van der Waals surface area contributed by atoms with E-state index in [2.05, 4.69) is 21.2 Å². The molecule has 2 aromatic rings. The molecular formula is C20H22BrFN2O4S. The molecule has 1 aliphatic heterocycles. The van der Waals surface area contributed by atoms with E-state index in [4.69, 9.17) is 4.74 Å². The molecule has 0 atom stereocenters. The molecule has 0 radical (unpaired) electrons. The zero-order valence-electron chi connectivity index (χ0n) is 16.1. The van der Waals surface area contributed by atoms with Crippen LogP contribution in [0.15, 0.2) is 51.8 Å². The normalized spacial score (nSPS) is 16.6. The van der Waals surface area contributed by atoms with Gasteiger partial charge in [0.05, 0.1) is 5.54 Å². The summed E-state index contributed by atoms with van der Waals surface area (Å²) in [6.45, 7) is 0.965. The van der Waals surface area contributed by atoms with E-state index in [1.807, 2.05) is 24.3 Å². The maximum atomic E-state index is 14.2. The Bertz CT molecular complexity index is 1020. The van der Waals surface area contributed by atoms with E-state index in [0.717, 1.165) is 26.5 Å². The van der Waals surface area contributed by atoms with Crippen molar-refractivity contribution in [3.05, 3.63) is 63.9 Å². The molecule has 0 unspecified atom stereocenters. The standard InChI is InChI=1S/C20H22BrFN2O4S/c1-24(2)29(26,27)18-12-14(6-7-17(18)22)19(25)23-20(8-10-28-11-9-20)15-4-3-5-16(21)13-15/h3-7,12-13H,8-11H2,1-2H3,(H,23,25). The van der Waals surface area contributed by atoms with Crippen molar-refractivity contribution in [3.8, 4) is 0 Å². The van der Waals surface area contributed by atoms with Gasteiger partial charge in [0.25, 0.3) is 5.91 Å². The maximum Gasteiger partial charge on any atom is 0.252 e. The minimum Gasteiger partial charge on any atom is -0.381 e. The molecule has 1 heterocycles. The predicted molar refractivity (Wildman–Crippen MR) is 111 cm³/mol. The molecular weight excluding hydrogens is 463 g/mol. The first-order valence-electron chi connectivity index (χ1n) is 9.04. The summed E-state index contributed by atoms with van der Waals surface area (Å²) in [6.07, 6.45) is 1.14. The molecule has 0 aliphatic carbocycles. The van der Waals surface area contributed by atoms with Gasteiger partial charge in [-0.3, -0.25) is 4.79 Å². The SMILES string of the molecule is CN(C)S(=O)(=O)c1cc(C(=O)NC2(c3cccc(Br)c3)CCOCC2)ccc1F.